The predicted octanol–water partition coefficient (Wildman–Crippen LogP) is 1.62. The monoisotopic (exact) mass is 329 g/mol. The molecular weight excluding hydrogens is 306 g/mol. The summed E-state index contributed by atoms with van der Waals surface area (Å²) in [7, 11) is 0. The van der Waals surface area contributed by atoms with E-state index in [0.29, 0.717) is 5.82 Å². The van der Waals surface area contributed by atoms with Gasteiger partial charge in [0.1, 0.15) is 6.04 Å². The fourth-order valence-corrected chi connectivity index (χ4v) is 3.15. The van der Waals surface area contributed by atoms with Gasteiger partial charge in [-0.2, -0.15) is 5.10 Å². The quantitative estimate of drug-likeness (QED) is 0.858. The zero-order valence-electron chi connectivity index (χ0n) is 14.4. The highest BCUT2D eigenvalue weighted by molar-refractivity contribution is 5.80. The van der Waals surface area contributed by atoms with Gasteiger partial charge in [-0.25, -0.2) is 9.36 Å². The summed E-state index contributed by atoms with van der Waals surface area (Å²) < 4.78 is 2.95. The second-order valence-corrected chi connectivity index (χ2v) is 6.38. The van der Waals surface area contributed by atoms with Crippen LogP contribution in [-0.4, -0.2) is 43.5 Å². The van der Waals surface area contributed by atoms with Gasteiger partial charge in [0, 0.05) is 24.8 Å². The molecule has 3 heterocycles. The molecule has 1 aliphatic rings. The maximum absolute atomic E-state index is 12.7. The molecule has 0 radical (unpaired) electrons. The van der Waals surface area contributed by atoms with Gasteiger partial charge in [0.15, 0.2) is 5.82 Å². The molecule has 128 valence electrons. The van der Waals surface area contributed by atoms with E-state index in [0.717, 1.165) is 43.7 Å². The van der Waals surface area contributed by atoms with Crippen LogP contribution < -0.4 is 5.56 Å². The molecular formula is C17H23N5O2. The van der Waals surface area contributed by atoms with E-state index < -0.39 is 6.04 Å². The van der Waals surface area contributed by atoms with Gasteiger partial charge in [-0.05, 0) is 52.2 Å². The number of aromatic nitrogens is 4. The van der Waals surface area contributed by atoms with Crippen molar-refractivity contribution >= 4 is 5.91 Å². The molecule has 1 aliphatic heterocycles. The number of amides is 1. The van der Waals surface area contributed by atoms with E-state index in [1.807, 2.05) is 24.8 Å². The van der Waals surface area contributed by atoms with Crippen molar-refractivity contribution in [1.82, 2.24) is 24.5 Å². The summed E-state index contributed by atoms with van der Waals surface area (Å²) >= 11 is 0. The summed E-state index contributed by atoms with van der Waals surface area (Å²) in [5.74, 6) is 0.494. The molecule has 1 amide bonds. The molecule has 7 heteroatoms. The Bertz CT molecular complexity index is 802. The molecule has 1 atom stereocenters. The molecule has 0 aliphatic carbocycles. The third kappa shape index (κ3) is 3.11. The molecule has 1 unspecified atom stereocenters. The van der Waals surface area contributed by atoms with E-state index in [1.54, 1.807) is 17.7 Å². The molecule has 1 saturated heterocycles. The topological polar surface area (TPSA) is 73.0 Å². The van der Waals surface area contributed by atoms with E-state index in [9.17, 15) is 9.59 Å². The van der Waals surface area contributed by atoms with Crippen LogP contribution in [0.1, 0.15) is 43.6 Å². The summed E-state index contributed by atoms with van der Waals surface area (Å²) in [5, 5.41) is 8.78. The smallest absolute Gasteiger partial charge is 0.267 e. The Kier molecular flexibility index (Phi) is 4.51. The summed E-state index contributed by atoms with van der Waals surface area (Å²) in [6.45, 7) is 7.09. The summed E-state index contributed by atoms with van der Waals surface area (Å²) in [6, 6.07) is 4.40. The number of carbonyl (C=O) groups excluding carboxylic acids is 1. The van der Waals surface area contributed by atoms with Crippen LogP contribution in [0.4, 0.5) is 0 Å². The SMILES string of the molecule is Cc1cc(C)n(-c2ccc(=O)n(C(C)C(=O)N3CCCCC3)n2)n1. The lowest BCUT2D eigenvalue weighted by Gasteiger charge is -2.29. The Morgan fingerprint density at radius 2 is 1.83 bits per heavy atom. The first-order valence-corrected chi connectivity index (χ1v) is 8.39. The van der Waals surface area contributed by atoms with E-state index in [-0.39, 0.29) is 11.5 Å². The average molecular weight is 329 g/mol. The van der Waals surface area contributed by atoms with Gasteiger partial charge in [-0.15, -0.1) is 5.10 Å². The highest BCUT2D eigenvalue weighted by atomic mass is 16.2. The highest BCUT2D eigenvalue weighted by Crippen LogP contribution is 2.15. The van der Waals surface area contributed by atoms with Crippen LogP contribution >= 0.6 is 0 Å². The van der Waals surface area contributed by atoms with Crippen LogP contribution in [0.5, 0.6) is 0 Å². The standard InChI is InChI=1S/C17H23N5O2/c1-12-11-13(2)21(18-12)15-7-8-16(23)22(19-15)14(3)17(24)20-9-5-4-6-10-20/h7-8,11,14H,4-6,9-10H2,1-3H3. The number of aryl methyl sites for hydroxylation is 2. The summed E-state index contributed by atoms with van der Waals surface area (Å²) in [4.78, 5) is 26.7. The van der Waals surface area contributed by atoms with Crippen molar-refractivity contribution in [3.63, 3.8) is 0 Å². The van der Waals surface area contributed by atoms with E-state index >= 15 is 0 Å². The number of likely N-dealkylation sites (tertiary alicyclic amines) is 1. The van der Waals surface area contributed by atoms with E-state index in [4.69, 9.17) is 0 Å². The fraction of sp³-hybridized carbons (Fsp3) is 0.529. The Morgan fingerprint density at radius 1 is 1.12 bits per heavy atom. The Balaban J connectivity index is 1.92. The lowest BCUT2D eigenvalue weighted by molar-refractivity contribution is -0.135. The zero-order chi connectivity index (χ0) is 17.3. The molecule has 0 N–H and O–H groups in total. The first-order chi connectivity index (χ1) is 11.5. The third-order valence-electron chi connectivity index (χ3n) is 4.43. The van der Waals surface area contributed by atoms with Crippen LogP contribution in [0.3, 0.4) is 0 Å². The molecule has 24 heavy (non-hydrogen) atoms. The van der Waals surface area contributed by atoms with Crippen molar-refractivity contribution in [1.29, 1.82) is 0 Å². The van der Waals surface area contributed by atoms with Gasteiger partial charge in [-0.1, -0.05) is 0 Å². The minimum atomic E-state index is -0.618. The molecule has 1 fully saturated rings. The van der Waals surface area contributed by atoms with Crippen molar-refractivity contribution in [2.45, 2.75) is 46.1 Å². The van der Waals surface area contributed by atoms with Crippen LogP contribution in [0.2, 0.25) is 0 Å². The second-order valence-electron chi connectivity index (χ2n) is 6.38. The van der Waals surface area contributed by atoms with Crippen molar-refractivity contribution < 1.29 is 4.79 Å². The third-order valence-corrected chi connectivity index (χ3v) is 4.43. The maximum atomic E-state index is 12.7. The number of rotatable bonds is 3. The van der Waals surface area contributed by atoms with Gasteiger partial charge in [0.25, 0.3) is 5.56 Å². The number of hydrogen-bond acceptors (Lipinski definition) is 4. The van der Waals surface area contributed by atoms with Crippen LogP contribution in [0.15, 0.2) is 23.0 Å². The predicted molar refractivity (Wildman–Crippen MR) is 90.2 cm³/mol. The van der Waals surface area contributed by atoms with Crippen molar-refractivity contribution in [3.05, 3.63) is 39.9 Å². The Hall–Kier alpha value is -2.44. The van der Waals surface area contributed by atoms with Gasteiger partial charge >= 0.3 is 0 Å². The molecule has 2 aromatic rings. The van der Waals surface area contributed by atoms with E-state index in [1.165, 1.54) is 10.7 Å². The molecule has 0 saturated carbocycles. The van der Waals surface area contributed by atoms with Gasteiger partial charge in [0.05, 0.1) is 5.69 Å². The molecule has 7 nitrogen and oxygen atoms in total. The number of nitrogens with zero attached hydrogens (tertiary/aromatic N) is 5. The lowest BCUT2D eigenvalue weighted by atomic mass is 10.1. The maximum Gasteiger partial charge on any atom is 0.267 e. The first kappa shape index (κ1) is 16.4. The Labute approximate surface area is 140 Å². The van der Waals surface area contributed by atoms with Crippen molar-refractivity contribution in [3.8, 4) is 5.82 Å². The molecule has 3 rings (SSSR count). The summed E-state index contributed by atoms with van der Waals surface area (Å²) in [6.07, 6.45) is 3.20. The summed E-state index contributed by atoms with van der Waals surface area (Å²) in [5.41, 5.74) is 1.53. The second kappa shape index (κ2) is 6.59. The van der Waals surface area contributed by atoms with E-state index in [2.05, 4.69) is 10.2 Å². The Morgan fingerprint density at radius 3 is 2.46 bits per heavy atom. The number of carbonyl (C=O) groups is 1. The molecule has 0 bridgehead atoms. The van der Waals surface area contributed by atoms with Crippen LogP contribution in [0.25, 0.3) is 5.82 Å². The van der Waals surface area contributed by atoms with Crippen molar-refractivity contribution in [2.75, 3.05) is 13.1 Å². The molecule has 0 aromatic carbocycles. The average Bonchev–Trinajstić information content (AvgIpc) is 2.93. The number of piperidine rings is 1. The lowest BCUT2D eigenvalue weighted by Crippen LogP contribution is -2.42. The normalized spacial score (nSPS) is 16.2. The minimum absolute atomic E-state index is 0.0465. The van der Waals surface area contributed by atoms with Gasteiger partial charge in [0.2, 0.25) is 5.91 Å². The number of hydrogen-bond donors (Lipinski definition) is 0. The zero-order valence-corrected chi connectivity index (χ0v) is 14.4. The molecule has 2 aromatic heterocycles. The minimum Gasteiger partial charge on any atom is -0.341 e. The largest absolute Gasteiger partial charge is 0.341 e. The van der Waals surface area contributed by atoms with Gasteiger partial charge in [-0.3, -0.25) is 9.59 Å². The van der Waals surface area contributed by atoms with Gasteiger partial charge < -0.3 is 4.90 Å². The van der Waals surface area contributed by atoms with Crippen LogP contribution in [0, 0.1) is 13.8 Å². The fourth-order valence-electron chi connectivity index (χ4n) is 3.15. The van der Waals surface area contributed by atoms with Crippen LogP contribution in [-0.2, 0) is 4.79 Å². The van der Waals surface area contributed by atoms with Crippen molar-refractivity contribution in [2.24, 2.45) is 0 Å². The molecule has 0 spiro atoms. The first-order valence-electron chi connectivity index (χ1n) is 8.39. The highest BCUT2D eigenvalue weighted by Gasteiger charge is 2.25.